The molecule has 0 saturated heterocycles. The maximum Gasteiger partial charge on any atom is 0.320 e. The van der Waals surface area contributed by atoms with Crippen LogP contribution in [-0.2, 0) is 0 Å². The van der Waals surface area contributed by atoms with Crippen LogP contribution < -0.4 is 15.2 Å². The molecule has 1 aliphatic rings. The first-order valence-electron chi connectivity index (χ1n) is 6.51. The van der Waals surface area contributed by atoms with Gasteiger partial charge in [0.2, 0.25) is 5.88 Å². The van der Waals surface area contributed by atoms with Gasteiger partial charge in [-0.25, -0.2) is 4.98 Å². The van der Waals surface area contributed by atoms with Crippen molar-refractivity contribution in [2.45, 2.75) is 51.2 Å². The number of aromatic nitrogens is 2. The van der Waals surface area contributed by atoms with Gasteiger partial charge >= 0.3 is 6.01 Å². The summed E-state index contributed by atoms with van der Waals surface area (Å²) in [6.07, 6.45) is 5.55. The predicted molar refractivity (Wildman–Crippen MR) is 68.8 cm³/mol. The molecule has 5 heteroatoms. The third kappa shape index (κ3) is 3.32. The van der Waals surface area contributed by atoms with Crippen molar-refractivity contribution in [2.24, 2.45) is 5.73 Å². The van der Waals surface area contributed by atoms with E-state index in [2.05, 4.69) is 9.97 Å². The minimum absolute atomic E-state index is 0.0130. The van der Waals surface area contributed by atoms with Crippen LogP contribution in [0, 0.1) is 6.92 Å². The number of nitrogens with zero attached hydrogens (tertiary/aromatic N) is 2. The summed E-state index contributed by atoms with van der Waals surface area (Å²) in [6.45, 7) is 1.89. The molecule has 0 aromatic carbocycles. The highest BCUT2D eigenvalue weighted by Crippen LogP contribution is 2.21. The summed E-state index contributed by atoms with van der Waals surface area (Å²) in [7, 11) is 1.59. The summed E-state index contributed by atoms with van der Waals surface area (Å²) in [5, 5.41) is 0. The van der Waals surface area contributed by atoms with Gasteiger partial charge < -0.3 is 15.2 Å². The van der Waals surface area contributed by atoms with Crippen LogP contribution in [0.25, 0.3) is 0 Å². The minimum Gasteiger partial charge on any atom is -0.481 e. The van der Waals surface area contributed by atoms with E-state index in [4.69, 9.17) is 15.2 Å². The minimum atomic E-state index is 0.0130. The van der Waals surface area contributed by atoms with E-state index in [-0.39, 0.29) is 12.1 Å². The number of methoxy groups -OCH3 is 1. The molecule has 1 aromatic rings. The maximum absolute atomic E-state index is 6.12. The fourth-order valence-corrected chi connectivity index (χ4v) is 2.25. The molecule has 0 spiro atoms. The number of ether oxygens (including phenoxy) is 2. The average Bonchev–Trinajstić information content (AvgIpc) is 2.54. The van der Waals surface area contributed by atoms with E-state index in [1.54, 1.807) is 13.2 Å². The molecule has 2 rings (SSSR count). The quantitative estimate of drug-likeness (QED) is 0.830. The van der Waals surface area contributed by atoms with Gasteiger partial charge in [-0.3, -0.25) is 0 Å². The van der Waals surface area contributed by atoms with E-state index in [9.17, 15) is 0 Å². The molecule has 2 unspecified atom stereocenters. The standard InChI is InChI=1S/C13H21N3O2/c1-9-8-12(17-2)16-13(15-9)18-11-7-5-3-4-6-10(11)14/h8,10-11H,3-7,14H2,1-2H3. The van der Waals surface area contributed by atoms with Gasteiger partial charge in [0.1, 0.15) is 6.10 Å². The van der Waals surface area contributed by atoms with Gasteiger partial charge in [0.05, 0.1) is 7.11 Å². The molecule has 2 atom stereocenters. The van der Waals surface area contributed by atoms with Gasteiger partial charge in [-0.15, -0.1) is 0 Å². The van der Waals surface area contributed by atoms with E-state index in [1.165, 1.54) is 12.8 Å². The summed E-state index contributed by atoms with van der Waals surface area (Å²) < 4.78 is 11.0. The summed E-state index contributed by atoms with van der Waals surface area (Å²) >= 11 is 0. The van der Waals surface area contributed by atoms with Crippen LogP contribution in [0.3, 0.4) is 0 Å². The number of nitrogens with two attached hydrogens (primary N) is 1. The molecule has 1 heterocycles. The Morgan fingerprint density at radius 1 is 1.22 bits per heavy atom. The molecule has 1 fully saturated rings. The van der Waals surface area contributed by atoms with Crippen molar-refractivity contribution in [1.82, 2.24) is 9.97 Å². The van der Waals surface area contributed by atoms with Gasteiger partial charge in [0.15, 0.2) is 0 Å². The fourth-order valence-electron chi connectivity index (χ4n) is 2.25. The van der Waals surface area contributed by atoms with Gasteiger partial charge in [-0.2, -0.15) is 4.98 Å². The molecule has 18 heavy (non-hydrogen) atoms. The van der Waals surface area contributed by atoms with Gasteiger partial charge in [0.25, 0.3) is 0 Å². The number of hydrogen-bond acceptors (Lipinski definition) is 5. The molecule has 2 N–H and O–H groups in total. The van der Waals surface area contributed by atoms with Crippen LogP contribution in [0.2, 0.25) is 0 Å². The van der Waals surface area contributed by atoms with Crippen LogP contribution in [0.4, 0.5) is 0 Å². The molecule has 1 saturated carbocycles. The van der Waals surface area contributed by atoms with Crippen molar-refractivity contribution in [3.8, 4) is 11.9 Å². The zero-order valence-electron chi connectivity index (χ0n) is 11.1. The topological polar surface area (TPSA) is 70.3 Å². The zero-order valence-corrected chi connectivity index (χ0v) is 11.1. The van der Waals surface area contributed by atoms with E-state index in [0.717, 1.165) is 25.0 Å². The van der Waals surface area contributed by atoms with Crippen molar-refractivity contribution < 1.29 is 9.47 Å². The Bertz CT molecular complexity index is 398. The summed E-state index contributed by atoms with van der Waals surface area (Å²) in [5.74, 6) is 0.527. The maximum atomic E-state index is 6.12. The first kappa shape index (κ1) is 13.1. The monoisotopic (exact) mass is 251 g/mol. The third-order valence-electron chi connectivity index (χ3n) is 3.28. The van der Waals surface area contributed by atoms with Crippen LogP contribution in [0.15, 0.2) is 6.07 Å². The molecule has 0 aliphatic heterocycles. The first-order chi connectivity index (χ1) is 8.69. The number of aryl methyl sites for hydroxylation is 1. The van der Waals surface area contributed by atoms with Crippen LogP contribution >= 0.6 is 0 Å². The highest BCUT2D eigenvalue weighted by molar-refractivity contribution is 5.17. The van der Waals surface area contributed by atoms with Crippen LogP contribution in [-0.4, -0.2) is 29.2 Å². The number of hydrogen-bond donors (Lipinski definition) is 1. The summed E-state index contributed by atoms with van der Waals surface area (Å²) in [4.78, 5) is 8.47. The van der Waals surface area contributed by atoms with Crippen LogP contribution in [0.1, 0.15) is 37.8 Å². The SMILES string of the molecule is COc1cc(C)nc(OC2CCCCCC2N)n1. The lowest BCUT2D eigenvalue weighted by Crippen LogP contribution is -2.38. The van der Waals surface area contributed by atoms with Crippen molar-refractivity contribution in [3.05, 3.63) is 11.8 Å². The second-order valence-corrected chi connectivity index (χ2v) is 4.79. The molecular weight excluding hydrogens is 230 g/mol. The molecule has 0 radical (unpaired) electrons. The Morgan fingerprint density at radius 3 is 2.78 bits per heavy atom. The van der Waals surface area contributed by atoms with Gasteiger partial charge in [0, 0.05) is 17.8 Å². The second-order valence-electron chi connectivity index (χ2n) is 4.79. The van der Waals surface area contributed by atoms with Crippen molar-refractivity contribution in [3.63, 3.8) is 0 Å². The van der Waals surface area contributed by atoms with Gasteiger partial charge in [-0.05, 0) is 26.2 Å². The first-order valence-corrected chi connectivity index (χ1v) is 6.51. The molecule has 0 amide bonds. The van der Waals surface area contributed by atoms with Crippen LogP contribution in [0.5, 0.6) is 11.9 Å². The Morgan fingerprint density at radius 2 is 2.00 bits per heavy atom. The second kappa shape index (κ2) is 6.00. The molecular formula is C13H21N3O2. The lowest BCUT2D eigenvalue weighted by Gasteiger charge is -2.21. The van der Waals surface area contributed by atoms with E-state index >= 15 is 0 Å². The largest absolute Gasteiger partial charge is 0.481 e. The smallest absolute Gasteiger partial charge is 0.320 e. The normalized spacial score (nSPS) is 24.4. The molecule has 0 bridgehead atoms. The molecule has 1 aliphatic carbocycles. The Hall–Kier alpha value is -1.36. The van der Waals surface area contributed by atoms with E-state index < -0.39 is 0 Å². The third-order valence-corrected chi connectivity index (χ3v) is 3.28. The summed E-state index contributed by atoms with van der Waals surface area (Å²) in [5.41, 5.74) is 6.96. The number of rotatable bonds is 3. The summed E-state index contributed by atoms with van der Waals surface area (Å²) in [6, 6.07) is 2.22. The highest BCUT2D eigenvalue weighted by atomic mass is 16.5. The predicted octanol–water partition coefficient (Wildman–Crippen LogP) is 1.83. The molecule has 1 aromatic heterocycles. The van der Waals surface area contributed by atoms with Crippen molar-refractivity contribution in [1.29, 1.82) is 0 Å². The lowest BCUT2D eigenvalue weighted by atomic mass is 10.1. The van der Waals surface area contributed by atoms with Gasteiger partial charge in [-0.1, -0.05) is 12.8 Å². The Labute approximate surface area is 108 Å². The average molecular weight is 251 g/mol. The Balaban J connectivity index is 2.09. The fraction of sp³-hybridized carbons (Fsp3) is 0.692. The lowest BCUT2D eigenvalue weighted by molar-refractivity contribution is 0.147. The van der Waals surface area contributed by atoms with E-state index in [0.29, 0.717) is 11.9 Å². The Kier molecular flexibility index (Phi) is 4.36. The zero-order chi connectivity index (χ0) is 13.0. The van der Waals surface area contributed by atoms with Crippen molar-refractivity contribution in [2.75, 3.05) is 7.11 Å². The molecule has 5 nitrogen and oxygen atoms in total. The van der Waals surface area contributed by atoms with E-state index in [1.807, 2.05) is 6.92 Å². The molecule has 100 valence electrons. The highest BCUT2D eigenvalue weighted by Gasteiger charge is 2.23. The van der Waals surface area contributed by atoms with Crippen molar-refractivity contribution >= 4 is 0 Å².